The maximum atomic E-state index is 13.2. The minimum absolute atomic E-state index is 0.0886. The average Bonchev–Trinajstić information content (AvgIpc) is 3.03. The van der Waals surface area contributed by atoms with E-state index in [0.29, 0.717) is 32.8 Å². The number of benzene rings is 1. The first-order valence-corrected chi connectivity index (χ1v) is 10.4. The number of nitrogens with one attached hydrogen (secondary N) is 1. The SMILES string of the molecule is CCC(C(=O)Nc1ccc(O)cc1)n1cnc2sc(C(=O)OC(C)C)c(C)c2c1=O. The number of phenols is 1. The van der Waals surface area contributed by atoms with E-state index < -0.39 is 12.0 Å². The van der Waals surface area contributed by atoms with E-state index in [4.69, 9.17) is 4.74 Å². The highest BCUT2D eigenvalue weighted by Crippen LogP contribution is 2.28. The van der Waals surface area contributed by atoms with Crippen LogP contribution in [0.5, 0.6) is 5.75 Å². The molecule has 2 heterocycles. The maximum absolute atomic E-state index is 13.2. The van der Waals surface area contributed by atoms with Crippen molar-refractivity contribution in [2.45, 2.75) is 46.3 Å². The van der Waals surface area contributed by atoms with Gasteiger partial charge in [0.25, 0.3) is 5.56 Å². The van der Waals surface area contributed by atoms with Crippen molar-refractivity contribution in [2.75, 3.05) is 5.32 Å². The summed E-state index contributed by atoms with van der Waals surface area (Å²) in [6.45, 7) is 6.99. The van der Waals surface area contributed by atoms with Crippen LogP contribution in [0.4, 0.5) is 5.69 Å². The molecule has 0 spiro atoms. The van der Waals surface area contributed by atoms with Crippen molar-refractivity contribution in [1.82, 2.24) is 9.55 Å². The van der Waals surface area contributed by atoms with Gasteiger partial charge in [-0.1, -0.05) is 6.92 Å². The van der Waals surface area contributed by atoms with Crippen LogP contribution < -0.4 is 10.9 Å². The molecule has 3 rings (SSSR count). The Morgan fingerprint density at radius 2 is 1.93 bits per heavy atom. The highest BCUT2D eigenvalue weighted by Gasteiger charge is 2.25. The van der Waals surface area contributed by atoms with Gasteiger partial charge in [-0.3, -0.25) is 14.2 Å². The van der Waals surface area contributed by atoms with Gasteiger partial charge in [0.05, 0.1) is 17.8 Å². The third-order valence-electron chi connectivity index (χ3n) is 4.56. The number of carbonyl (C=O) groups is 2. The molecule has 1 amide bonds. The third kappa shape index (κ3) is 4.20. The Hall–Kier alpha value is -3.20. The summed E-state index contributed by atoms with van der Waals surface area (Å²) in [7, 11) is 0. The lowest BCUT2D eigenvalue weighted by atomic mass is 10.1. The van der Waals surface area contributed by atoms with Crippen LogP contribution in [0.25, 0.3) is 10.2 Å². The molecule has 0 radical (unpaired) electrons. The molecule has 0 saturated carbocycles. The van der Waals surface area contributed by atoms with Gasteiger partial charge in [-0.15, -0.1) is 11.3 Å². The summed E-state index contributed by atoms with van der Waals surface area (Å²) in [6.07, 6.45) is 1.42. The Kier molecular flexibility index (Phi) is 6.21. The number of ether oxygens (including phenoxy) is 1. The molecule has 2 aromatic heterocycles. The molecule has 3 aromatic rings. The van der Waals surface area contributed by atoms with Gasteiger partial charge < -0.3 is 15.2 Å². The highest BCUT2D eigenvalue weighted by molar-refractivity contribution is 7.20. The lowest BCUT2D eigenvalue weighted by Gasteiger charge is -2.17. The van der Waals surface area contributed by atoms with Crippen molar-refractivity contribution in [3.8, 4) is 5.75 Å². The number of carbonyl (C=O) groups excluding carboxylic acids is 2. The van der Waals surface area contributed by atoms with Crippen molar-refractivity contribution in [2.24, 2.45) is 0 Å². The summed E-state index contributed by atoms with van der Waals surface area (Å²) in [5, 5.41) is 12.4. The van der Waals surface area contributed by atoms with Crippen LogP contribution >= 0.6 is 11.3 Å². The van der Waals surface area contributed by atoms with Crippen molar-refractivity contribution >= 4 is 39.1 Å². The van der Waals surface area contributed by atoms with Gasteiger partial charge >= 0.3 is 5.97 Å². The summed E-state index contributed by atoms with van der Waals surface area (Å²) in [6, 6.07) is 5.28. The number of anilines is 1. The molecule has 0 saturated heterocycles. The van der Waals surface area contributed by atoms with Crippen LogP contribution in [0.1, 0.15) is 48.5 Å². The van der Waals surface area contributed by atoms with Gasteiger partial charge in [-0.2, -0.15) is 0 Å². The zero-order valence-electron chi connectivity index (χ0n) is 17.1. The number of phenolic OH excluding ortho intramolecular Hbond substituents is 1. The van der Waals surface area contributed by atoms with Crippen LogP contribution in [-0.4, -0.2) is 32.6 Å². The van der Waals surface area contributed by atoms with Gasteiger partial charge in [0.2, 0.25) is 5.91 Å². The number of hydrogen-bond acceptors (Lipinski definition) is 7. The van der Waals surface area contributed by atoms with E-state index >= 15 is 0 Å². The molecule has 0 aliphatic rings. The zero-order valence-corrected chi connectivity index (χ0v) is 17.9. The second kappa shape index (κ2) is 8.66. The number of aryl methyl sites for hydroxylation is 1. The van der Waals surface area contributed by atoms with Crippen LogP contribution in [0.2, 0.25) is 0 Å². The lowest BCUT2D eigenvalue weighted by Crippen LogP contribution is -2.33. The summed E-state index contributed by atoms with van der Waals surface area (Å²) in [5.41, 5.74) is 0.620. The minimum Gasteiger partial charge on any atom is -0.508 e. The first kappa shape index (κ1) is 21.5. The molecule has 1 unspecified atom stereocenters. The summed E-state index contributed by atoms with van der Waals surface area (Å²) >= 11 is 1.11. The quantitative estimate of drug-likeness (QED) is 0.457. The number of fused-ring (bicyclic) bond motifs is 1. The van der Waals surface area contributed by atoms with Gasteiger partial charge in [0.15, 0.2) is 0 Å². The van der Waals surface area contributed by atoms with Crippen LogP contribution in [-0.2, 0) is 9.53 Å². The normalized spacial score (nSPS) is 12.2. The first-order chi connectivity index (χ1) is 14.2. The molecule has 9 heteroatoms. The monoisotopic (exact) mass is 429 g/mol. The van der Waals surface area contributed by atoms with E-state index in [1.165, 1.54) is 23.0 Å². The van der Waals surface area contributed by atoms with Crippen molar-refractivity contribution in [1.29, 1.82) is 0 Å². The molecule has 158 valence electrons. The van der Waals surface area contributed by atoms with Gasteiger partial charge in [0.1, 0.15) is 21.5 Å². The van der Waals surface area contributed by atoms with Crippen molar-refractivity contribution < 1.29 is 19.4 Å². The number of thiophene rings is 1. The molecule has 0 aliphatic carbocycles. The van der Waals surface area contributed by atoms with Crippen molar-refractivity contribution in [3.63, 3.8) is 0 Å². The van der Waals surface area contributed by atoms with E-state index in [-0.39, 0.29) is 23.3 Å². The van der Waals surface area contributed by atoms with Gasteiger partial charge in [-0.25, -0.2) is 9.78 Å². The Balaban J connectivity index is 1.97. The third-order valence-corrected chi connectivity index (χ3v) is 5.74. The smallest absolute Gasteiger partial charge is 0.348 e. The van der Waals surface area contributed by atoms with E-state index in [1.54, 1.807) is 39.8 Å². The van der Waals surface area contributed by atoms with Crippen LogP contribution in [0.15, 0.2) is 35.4 Å². The number of hydrogen-bond donors (Lipinski definition) is 2. The summed E-state index contributed by atoms with van der Waals surface area (Å²) in [4.78, 5) is 43.4. The highest BCUT2D eigenvalue weighted by atomic mass is 32.1. The van der Waals surface area contributed by atoms with E-state index in [9.17, 15) is 19.5 Å². The van der Waals surface area contributed by atoms with E-state index in [1.807, 2.05) is 0 Å². The number of aromatic hydroxyl groups is 1. The lowest BCUT2D eigenvalue weighted by molar-refractivity contribution is -0.119. The number of rotatable bonds is 6. The molecule has 1 atom stereocenters. The first-order valence-electron chi connectivity index (χ1n) is 9.54. The standard InChI is InChI=1S/C21H23N3O5S/c1-5-15(18(26)23-13-6-8-14(25)9-7-13)24-10-22-19-16(20(24)27)12(4)17(30-19)21(28)29-11(2)3/h6-11,15,25H,5H2,1-4H3,(H,23,26). The molecule has 0 fully saturated rings. The predicted molar refractivity (Wildman–Crippen MR) is 115 cm³/mol. The summed E-state index contributed by atoms with van der Waals surface area (Å²) in [5.74, 6) is -0.780. The molecule has 30 heavy (non-hydrogen) atoms. The van der Waals surface area contributed by atoms with E-state index in [0.717, 1.165) is 11.3 Å². The van der Waals surface area contributed by atoms with Gasteiger partial charge in [-0.05, 0) is 57.0 Å². The number of esters is 1. The molecule has 1 aromatic carbocycles. The molecular formula is C21H23N3O5S. The fraction of sp³-hybridized carbons (Fsp3) is 0.333. The van der Waals surface area contributed by atoms with Crippen LogP contribution in [0, 0.1) is 6.92 Å². The Morgan fingerprint density at radius 3 is 2.53 bits per heavy atom. The number of nitrogens with zero attached hydrogens (tertiary/aromatic N) is 2. The second-order valence-corrected chi connectivity index (χ2v) is 8.11. The van der Waals surface area contributed by atoms with E-state index in [2.05, 4.69) is 10.3 Å². The molecule has 2 N–H and O–H groups in total. The fourth-order valence-electron chi connectivity index (χ4n) is 3.10. The van der Waals surface area contributed by atoms with Crippen molar-refractivity contribution in [3.05, 3.63) is 51.4 Å². The number of aromatic nitrogens is 2. The largest absolute Gasteiger partial charge is 0.508 e. The Bertz CT molecular complexity index is 1150. The Morgan fingerprint density at radius 1 is 1.27 bits per heavy atom. The summed E-state index contributed by atoms with van der Waals surface area (Å²) < 4.78 is 6.54. The number of amides is 1. The molecule has 0 bridgehead atoms. The predicted octanol–water partition coefficient (Wildman–Crippen LogP) is 3.63. The average molecular weight is 429 g/mol. The van der Waals surface area contributed by atoms with Gasteiger partial charge in [0, 0.05) is 5.69 Å². The Labute approximate surface area is 177 Å². The zero-order chi connectivity index (χ0) is 22.0. The second-order valence-electron chi connectivity index (χ2n) is 7.11. The van der Waals surface area contributed by atoms with Crippen LogP contribution in [0.3, 0.4) is 0 Å². The topological polar surface area (TPSA) is 111 Å². The maximum Gasteiger partial charge on any atom is 0.348 e. The molecule has 0 aliphatic heterocycles. The minimum atomic E-state index is -0.784. The molecular weight excluding hydrogens is 406 g/mol. The molecule has 8 nitrogen and oxygen atoms in total. The fourth-order valence-corrected chi connectivity index (χ4v) is 4.12.